The number of rotatable bonds is 5. The molecular weight excluding hydrogens is 200 g/mol. The molecular formula is C8H14N4O3. The lowest BCUT2D eigenvalue weighted by atomic mass is 10.1. The molecule has 0 aromatic rings. The number of methoxy groups -OCH3 is 1. The highest BCUT2D eigenvalue weighted by molar-refractivity contribution is 6.04. The summed E-state index contributed by atoms with van der Waals surface area (Å²) in [7, 11) is 1.52. The fourth-order valence-corrected chi connectivity index (χ4v) is 1.39. The van der Waals surface area contributed by atoms with Crippen molar-refractivity contribution in [1.82, 2.24) is 4.90 Å². The molecule has 4 N–H and O–H groups in total. The highest BCUT2D eigenvalue weighted by atomic mass is 16.5. The third kappa shape index (κ3) is 2.66. The van der Waals surface area contributed by atoms with Crippen LogP contribution in [0.3, 0.4) is 0 Å². The summed E-state index contributed by atoms with van der Waals surface area (Å²) in [5.74, 6) is -0.384. The number of aliphatic imine (C=N–C) groups is 1. The van der Waals surface area contributed by atoms with Crippen molar-refractivity contribution in [3.05, 3.63) is 0 Å². The molecule has 0 saturated carbocycles. The molecule has 84 valence electrons. The quantitative estimate of drug-likeness (QED) is 0.590. The molecule has 0 aliphatic carbocycles. The van der Waals surface area contributed by atoms with Gasteiger partial charge in [0.15, 0.2) is 0 Å². The Labute approximate surface area is 87.1 Å². The van der Waals surface area contributed by atoms with Crippen LogP contribution in [0.4, 0.5) is 4.79 Å². The van der Waals surface area contributed by atoms with E-state index >= 15 is 0 Å². The summed E-state index contributed by atoms with van der Waals surface area (Å²) in [4.78, 5) is 27.1. The molecule has 1 unspecified atom stereocenters. The second-order valence-corrected chi connectivity index (χ2v) is 3.19. The van der Waals surface area contributed by atoms with Gasteiger partial charge in [-0.1, -0.05) is 0 Å². The second-order valence-electron chi connectivity index (χ2n) is 3.19. The molecule has 0 bridgehead atoms. The van der Waals surface area contributed by atoms with Crippen molar-refractivity contribution in [2.75, 3.05) is 20.3 Å². The van der Waals surface area contributed by atoms with Gasteiger partial charge in [0, 0.05) is 13.7 Å². The number of ether oxygens (including phenoxy) is 1. The first kappa shape index (κ1) is 11.4. The number of hydrogen-bond acceptors (Lipinski definition) is 4. The van der Waals surface area contributed by atoms with E-state index in [-0.39, 0.29) is 12.3 Å². The predicted octanol–water partition coefficient (Wildman–Crippen LogP) is -1.33. The molecule has 0 radical (unpaired) electrons. The zero-order chi connectivity index (χ0) is 11.4. The summed E-state index contributed by atoms with van der Waals surface area (Å²) < 4.78 is 4.84. The topological polar surface area (TPSA) is 111 Å². The van der Waals surface area contributed by atoms with Crippen LogP contribution in [0.2, 0.25) is 0 Å². The lowest BCUT2D eigenvalue weighted by Crippen LogP contribution is -2.44. The number of carbonyl (C=O) groups is 2. The molecule has 7 nitrogen and oxygen atoms in total. The Balaban J connectivity index is 2.67. The van der Waals surface area contributed by atoms with E-state index in [1.54, 1.807) is 0 Å². The van der Waals surface area contributed by atoms with E-state index in [4.69, 9.17) is 16.2 Å². The van der Waals surface area contributed by atoms with Gasteiger partial charge in [-0.05, 0) is 0 Å². The Morgan fingerprint density at radius 3 is 2.87 bits per heavy atom. The molecule has 0 fully saturated rings. The van der Waals surface area contributed by atoms with E-state index in [1.807, 2.05) is 0 Å². The average molecular weight is 214 g/mol. The van der Waals surface area contributed by atoms with Gasteiger partial charge >= 0.3 is 6.03 Å². The van der Waals surface area contributed by atoms with Crippen molar-refractivity contribution in [2.45, 2.75) is 12.5 Å². The molecule has 1 atom stereocenters. The van der Waals surface area contributed by atoms with Gasteiger partial charge < -0.3 is 21.1 Å². The van der Waals surface area contributed by atoms with Crippen LogP contribution >= 0.6 is 0 Å². The predicted molar refractivity (Wildman–Crippen MR) is 53.2 cm³/mol. The normalized spacial score (nSPS) is 20.6. The number of primary amides is 1. The van der Waals surface area contributed by atoms with E-state index in [1.165, 1.54) is 12.0 Å². The van der Waals surface area contributed by atoms with Crippen LogP contribution in [0.5, 0.6) is 0 Å². The molecule has 3 amide bonds. The SMILES string of the molecule is COCCN1C(=O)N=C(N)C1CC(N)=O. The molecule has 1 aliphatic rings. The first-order valence-corrected chi connectivity index (χ1v) is 4.48. The number of urea groups is 1. The van der Waals surface area contributed by atoms with Crippen molar-refractivity contribution in [3.8, 4) is 0 Å². The highest BCUT2D eigenvalue weighted by Crippen LogP contribution is 2.13. The molecule has 1 rings (SSSR count). The number of nitrogens with zero attached hydrogens (tertiary/aromatic N) is 2. The number of carbonyl (C=O) groups excluding carboxylic acids is 2. The van der Waals surface area contributed by atoms with Gasteiger partial charge in [0.05, 0.1) is 13.0 Å². The van der Waals surface area contributed by atoms with Crippen LogP contribution in [-0.4, -0.2) is 49.0 Å². The van der Waals surface area contributed by atoms with E-state index in [9.17, 15) is 9.59 Å². The molecule has 0 spiro atoms. The summed E-state index contributed by atoms with van der Waals surface area (Å²) in [6.07, 6.45) is -0.00914. The Kier molecular flexibility index (Phi) is 3.62. The minimum atomic E-state index is -0.523. The number of nitrogens with two attached hydrogens (primary N) is 2. The zero-order valence-electron chi connectivity index (χ0n) is 8.47. The van der Waals surface area contributed by atoms with Crippen molar-refractivity contribution < 1.29 is 14.3 Å². The molecule has 0 saturated heterocycles. The maximum absolute atomic E-state index is 11.3. The van der Waals surface area contributed by atoms with Crippen molar-refractivity contribution in [1.29, 1.82) is 0 Å². The van der Waals surface area contributed by atoms with Gasteiger partial charge in [-0.3, -0.25) is 4.79 Å². The van der Waals surface area contributed by atoms with Crippen molar-refractivity contribution >= 4 is 17.8 Å². The molecule has 7 heteroatoms. The van der Waals surface area contributed by atoms with Gasteiger partial charge in [0.2, 0.25) is 5.91 Å². The van der Waals surface area contributed by atoms with E-state index in [2.05, 4.69) is 4.99 Å². The van der Waals surface area contributed by atoms with Crippen LogP contribution in [0, 0.1) is 0 Å². The van der Waals surface area contributed by atoms with Gasteiger partial charge in [-0.25, -0.2) is 4.79 Å². The Bertz CT molecular complexity index is 302. The molecule has 0 aromatic carbocycles. The number of amides is 3. The average Bonchev–Trinajstić information content (AvgIpc) is 2.39. The summed E-state index contributed by atoms with van der Waals surface area (Å²) in [5.41, 5.74) is 10.6. The third-order valence-electron chi connectivity index (χ3n) is 2.12. The maximum atomic E-state index is 11.3. The number of amidine groups is 1. The first-order chi connectivity index (χ1) is 7.06. The molecule has 15 heavy (non-hydrogen) atoms. The van der Waals surface area contributed by atoms with E-state index in [0.29, 0.717) is 13.2 Å². The van der Waals surface area contributed by atoms with Crippen LogP contribution in [0.25, 0.3) is 0 Å². The standard InChI is InChI=1S/C8H14N4O3/c1-15-3-2-12-5(4-6(9)13)7(10)11-8(12)14/h5H,2-4H2,1H3,(H2,9,13)(H2,10,11,14). The third-order valence-corrected chi connectivity index (χ3v) is 2.12. The first-order valence-electron chi connectivity index (χ1n) is 4.48. The summed E-state index contributed by atoms with van der Waals surface area (Å²) in [6, 6.07) is -0.971. The van der Waals surface area contributed by atoms with Gasteiger partial charge in [-0.15, -0.1) is 0 Å². The van der Waals surface area contributed by atoms with Crippen molar-refractivity contribution in [2.24, 2.45) is 16.5 Å². The van der Waals surface area contributed by atoms with E-state index < -0.39 is 18.0 Å². The van der Waals surface area contributed by atoms with Crippen LogP contribution < -0.4 is 11.5 Å². The fraction of sp³-hybridized carbons (Fsp3) is 0.625. The lowest BCUT2D eigenvalue weighted by Gasteiger charge is -2.22. The number of hydrogen-bond donors (Lipinski definition) is 2. The molecule has 1 heterocycles. The van der Waals surface area contributed by atoms with Crippen molar-refractivity contribution in [3.63, 3.8) is 0 Å². The summed E-state index contributed by atoms with van der Waals surface area (Å²) in [6.45, 7) is 0.710. The largest absolute Gasteiger partial charge is 0.385 e. The van der Waals surface area contributed by atoms with Gasteiger partial charge in [0.1, 0.15) is 11.9 Å². The minimum absolute atomic E-state index is 0.00914. The maximum Gasteiger partial charge on any atom is 0.345 e. The summed E-state index contributed by atoms with van der Waals surface area (Å²) >= 11 is 0. The van der Waals surface area contributed by atoms with Crippen LogP contribution in [0.15, 0.2) is 4.99 Å². The van der Waals surface area contributed by atoms with Crippen LogP contribution in [0.1, 0.15) is 6.42 Å². The fourth-order valence-electron chi connectivity index (χ4n) is 1.39. The van der Waals surface area contributed by atoms with Gasteiger partial charge in [-0.2, -0.15) is 4.99 Å². The summed E-state index contributed by atoms with van der Waals surface area (Å²) in [5, 5.41) is 0. The Hall–Kier alpha value is -1.63. The lowest BCUT2D eigenvalue weighted by molar-refractivity contribution is -0.118. The molecule has 1 aliphatic heterocycles. The van der Waals surface area contributed by atoms with Crippen LogP contribution in [-0.2, 0) is 9.53 Å². The smallest absolute Gasteiger partial charge is 0.345 e. The van der Waals surface area contributed by atoms with Gasteiger partial charge in [0.25, 0.3) is 0 Å². The second kappa shape index (κ2) is 4.74. The molecule has 0 aromatic heterocycles. The zero-order valence-corrected chi connectivity index (χ0v) is 8.47. The Morgan fingerprint density at radius 1 is 1.67 bits per heavy atom. The monoisotopic (exact) mass is 214 g/mol. The minimum Gasteiger partial charge on any atom is -0.385 e. The Morgan fingerprint density at radius 2 is 2.33 bits per heavy atom. The highest BCUT2D eigenvalue weighted by Gasteiger charge is 2.33. The van der Waals surface area contributed by atoms with E-state index in [0.717, 1.165) is 0 Å².